The summed E-state index contributed by atoms with van der Waals surface area (Å²) in [6, 6.07) is 1.83. The molecule has 8 nitrogen and oxygen atoms in total. The number of thiazole rings is 1. The number of pyridine rings is 1. The van der Waals surface area contributed by atoms with Gasteiger partial charge in [-0.05, 0) is 62.6 Å². The summed E-state index contributed by atoms with van der Waals surface area (Å²) in [5.41, 5.74) is 2.52. The maximum absolute atomic E-state index is 14.2. The van der Waals surface area contributed by atoms with Gasteiger partial charge in [0.05, 0.1) is 12.8 Å². The molecule has 4 aromatic heterocycles. The van der Waals surface area contributed by atoms with E-state index >= 15 is 0 Å². The number of nitrogens with one attached hydrogen (secondary N) is 1. The molecule has 1 saturated carbocycles. The molecule has 0 atom stereocenters. The van der Waals surface area contributed by atoms with Gasteiger partial charge in [0, 0.05) is 28.7 Å². The van der Waals surface area contributed by atoms with Crippen LogP contribution in [0.25, 0.3) is 27.6 Å². The first-order valence-electron chi connectivity index (χ1n) is 13.0. The molecule has 5 heterocycles. The molecule has 0 amide bonds. The number of hydrogen-bond donors (Lipinski definition) is 1. The van der Waals surface area contributed by atoms with Crippen molar-refractivity contribution in [3.8, 4) is 27.7 Å². The largest absolute Gasteiger partial charge is 0.493 e. The molecule has 4 aromatic rings. The van der Waals surface area contributed by atoms with E-state index in [-0.39, 0.29) is 11.8 Å². The summed E-state index contributed by atoms with van der Waals surface area (Å²) in [6.45, 7) is 6.74. The van der Waals surface area contributed by atoms with Crippen molar-refractivity contribution in [2.75, 3.05) is 26.7 Å². The average Bonchev–Trinajstić information content (AvgIpc) is 3.28. The maximum atomic E-state index is 14.2. The zero-order valence-corrected chi connectivity index (χ0v) is 22.4. The number of hydrogen-bond acceptors (Lipinski definition) is 7. The number of likely N-dealkylation sites (tertiary alicyclic amines) is 1. The van der Waals surface area contributed by atoms with E-state index in [0.29, 0.717) is 32.7 Å². The number of H-pyrrole nitrogens is 1. The molecule has 1 aliphatic carbocycles. The van der Waals surface area contributed by atoms with Crippen LogP contribution in [0.2, 0.25) is 0 Å². The van der Waals surface area contributed by atoms with Crippen LogP contribution in [-0.2, 0) is 6.18 Å². The Morgan fingerprint density at radius 3 is 2.61 bits per heavy atom. The van der Waals surface area contributed by atoms with E-state index in [0.717, 1.165) is 60.9 Å². The number of methoxy groups -OCH3 is 1. The minimum absolute atomic E-state index is 0.0245. The lowest BCUT2D eigenvalue weighted by Crippen LogP contribution is -2.34. The zero-order chi connectivity index (χ0) is 26.6. The van der Waals surface area contributed by atoms with E-state index in [9.17, 15) is 13.2 Å². The van der Waals surface area contributed by atoms with Gasteiger partial charge in [-0.25, -0.2) is 14.5 Å². The average molecular weight is 546 g/mol. The molecule has 38 heavy (non-hydrogen) atoms. The topological polar surface area (TPSA) is 84.2 Å². The van der Waals surface area contributed by atoms with Crippen molar-refractivity contribution in [2.45, 2.75) is 57.5 Å². The van der Waals surface area contributed by atoms with Gasteiger partial charge in [-0.3, -0.25) is 5.10 Å². The van der Waals surface area contributed by atoms with Gasteiger partial charge < -0.3 is 9.64 Å². The molecule has 0 unspecified atom stereocenters. The van der Waals surface area contributed by atoms with Crippen LogP contribution >= 0.6 is 11.3 Å². The quantitative estimate of drug-likeness (QED) is 0.308. The minimum Gasteiger partial charge on any atom is -0.493 e. The molecule has 202 valence electrons. The summed E-state index contributed by atoms with van der Waals surface area (Å²) in [5, 5.41) is 12.1. The summed E-state index contributed by atoms with van der Waals surface area (Å²) < 4.78 is 49.7. The van der Waals surface area contributed by atoms with Gasteiger partial charge in [0.15, 0.2) is 17.1 Å². The first-order valence-corrected chi connectivity index (χ1v) is 13.8. The van der Waals surface area contributed by atoms with Crippen LogP contribution in [0.3, 0.4) is 0 Å². The fourth-order valence-corrected chi connectivity index (χ4v) is 6.69. The SMILES string of the molecule is COc1cc(-c2[nH]nc(-c3nc(C(F)(F)F)c(C4CCN(CC5CC5)CC4)s3)c2C(C)C)cn2ncnc12. The number of rotatable bonds is 7. The third kappa shape index (κ3) is 4.68. The fourth-order valence-electron chi connectivity index (χ4n) is 5.43. The smallest absolute Gasteiger partial charge is 0.434 e. The van der Waals surface area contributed by atoms with Crippen molar-refractivity contribution in [3.05, 3.63) is 34.7 Å². The second-order valence-electron chi connectivity index (χ2n) is 10.6. The van der Waals surface area contributed by atoms with Crippen LogP contribution in [0, 0.1) is 5.92 Å². The normalized spacial score (nSPS) is 17.7. The van der Waals surface area contributed by atoms with Crippen LogP contribution in [0.1, 0.15) is 67.5 Å². The lowest BCUT2D eigenvalue weighted by atomic mass is 9.94. The van der Waals surface area contributed by atoms with Crippen molar-refractivity contribution >= 4 is 17.0 Å². The van der Waals surface area contributed by atoms with Crippen LogP contribution in [0.4, 0.5) is 13.2 Å². The number of fused-ring (bicyclic) bond motifs is 1. The molecular weight excluding hydrogens is 515 g/mol. The molecule has 2 aliphatic rings. The van der Waals surface area contributed by atoms with E-state index in [1.54, 1.807) is 17.8 Å². The third-order valence-electron chi connectivity index (χ3n) is 7.53. The maximum Gasteiger partial charge on any atom is 0.434 e. The van der Waals surface area contributed by atoms with Crippen LogP contribution in [0.5, 0.6) is 5.75 Å². The molecular formula is C26H30F3N7OS. The minimum atomic E-state index is -4.52. The molecule has 1 saturated heterocycles. The summed E-state index contributed by atoms with van der Waals surface area (Å²) in [5.74, 6) is 1.15. The highest BCUT2D eigenvalue weighted by Crippen LogP contribution is 2.46. The molecule has 6 rings (SSSR count). The van der Waals surface area contributed by atoms with E-state index in [2.05, 4.69) is 30.2 Å². The van der Waals surface area contributed by atoms with Crippen molar-refractivity contribution in [1.82, 2.24) is 34.7 Å². The Morgan fingerprint density at radius 1 is 1.18 bits per heavy atom. The second kappa shape index (κ2) is 9.64. The molecule has 1 N–H and O–H groups in total. The van der Waals surface area contributed by atoms with Gasteiger partial charge in [-0.1, -0.05) is 13.8 Å². The van der Waals surface area contributed by atoms with Gasteiger partial charge in [0.1, 0.15) is 17.0 Å². The van der Waals surface area contributed by atoms with Gasteiger partial charge >= 0.3 is 6.18 Å². The summed E-state index contributed by atoms with van der Waals surface area (Å²) in [6.07, 6.45) is 2.72. The first kappa shape index (κ1) is 25.3. The summed E-state index contributed by atoms with van der Waals surface area (Å²) in [4.78, 5) is 11.1. The number of alkyl halides is 3. The Hall–Kier alpha value is -2.99. The zero-order valence-electron chi connectivity index (χ0n) is 21.5. The van der Waals surface area contributed by atoms with Gasteiger partial charge in [0.25, 0.3) is 0 Å². The Labute approximate surface area is 222 Å². The van der Waals surface area contributed by atoms with Crippen LogP contribution in [0.15, 0.2) is 18.6 Å². The molecule has 0 bridgehead atoms. The lowest BCUT2D eigenvalue weighted by molar-refractivity contribution is -0.141. The van der Waals surface area contributed by atoms with Gasteiger partial charge in [0.2, 0.25) is 0 Å². The standard InChI is InChI=1S/C26H30F3N7OS/c1-14(2)19-20(17-10-18(37-3)24-30-13-31-36(24)12-17)33-34-21(19)25-32-23(26(27,28)29)22(38-25)16-6-8-35(9-7-16)11-15-4-5-15/h10,12-16H,4-9,11H2,1-3H3,(H,33,34). The van der Waals surface area contributed by atoms with Gasteiger partial charge in [-0.15, -0.1) is 11.3 Å². The number of ether oxygens (including phenoxy) is 1. The summed E-state index contributed by atoms with van der Waals surface area (Å²) >= 11 is 1.14. The lowest BCUT2D eigenvalue weighted by Gasteiger charge is -2.31. The third-order valence-corrected chi connectivity index (χ3v) is 8.75. The molecule has 12 heteroatoms. The molecule has 1 aliphatic heterocycles. The Bertz CT molecular complexity index is 1440. The summed E-state index contributed by atoms with van der Waals surface area (Å²) in [7, 11) is 1.56. The highest BCUT2D eigenvalue weighted by molar-refractivity contribution is 7.15. The molecule has 2 fully saturated rings. The second-order valence-corrected chi connectivity index (χ2v) is 11.6. The molecule has 0 radical (unpaired) electrons. The van der Waals surface area contributed by atoms with Crippen LogP contribution in [-0.4, -0.2) is 61.4 Å². The van der Waals surface area contributed by atoms with E-state index in [4.69, 9.17) is 4.74 Å². The Kier molecular flexibility index (Phi) is 6.42. The van der Waals surface area contributed by atoms with Crippen molar-refractivity contribution in [3.63, 3.8) is 0 Å². The predicted octanol–water partition coefficient (Wildman–Crippen LogP) is 5.98. The highest BCUT2D eigenvalue weighted by Gasteiger charge is 2.41. The van der Waals surface area contributed by atoms with Crippen LogP contribution < -0.4 is 4.74 Å². The fraction of sp³-hybridized carbons (Fsp3) is 0.538. The Morgan fingerprint density at radius 2 is 1.95 bits per heavy atom. The van der Waals surface area contributed by atoms with E-state index in [1.165, 1.54) is 19.2 Å². The number of halogens is 3. The van der Waals surface area contributed by atoms with E-state index in [1.807, 2.05) is 19.9 Å². The predicted molar refractivity (Wildman–Crippen MR) is 138 cm³/mol. The van der Waals surface area contributed by atoms with Crippen molar-refractivity contribution in [1.29, 1.82) is 0 Å². The van der Waals surface area contributed by atoms with Gasteiger partial charge in [-0.2, -0.15) is 23.4 Å². The monoisotopic (exact) mass is 545 g/mol. The van der Waals surface area contributed by atoms with E-state index < -0.39 is 11.9 Å². The van der Waals surface area contributed by atoms with Crippen molar-refractivity contribution < 1.29 is 17.9 Å². The number of aromatic nitrogens is 6. The Balaban J connectivity index is 1.38. The number of nitrogens with zero attached hydrogens (tertiary/aromatic N) is 6. The number of aromatic amines is 1. The highest BCUT2D eigenvalue weighted by atomic mass is 32.1. The number of piperidine rings is 1. The molecule has 0 aromatic carbocycles. The van der Waals surface area contributed by atoms with Crippen molar-refractivity contribution in [2.24, 2.45) is 5.92 Å². The first-order chi connectivity index (χ1) is 18.2. The molecule has 0 spiro atoms.